The van der Waals surface area contributed by atoms with Crippen molar-refractivity contribution in [1.82, 2.24) is 15.5 Å². The molecule has 19 heavy (non-hydrogen) atoms. The Balaban J connectivity index is 2.04. The van der Waals surface area contributed by atoms with E-state index in [0.29, 0.717) is 4.47 Å². The van der Waals surface area contributed by atoms with Crippen molar-refractivity contribution in [2.75, 3.05) is 13.1 Å². The molecule has 0 radical (unpaired) electrons. The monoisotopic (exact) mass is 343 g/mol. The van der Waals surface area contributed by atoms with Gasteiger partial charge in [0, 0.05) is 16.5 Å². The summed E-state index contributed by atoms with van der Waals surface area (Å²) in [5.41, 5.74) is 0.886. The van der Waals surface area contributed by atoms with Gasteiger partial charge in [0.25, 0.3) is 0 Å². The quantitative estimate of drug-likeness (QED) is 0.813. The summed E-state index contributed by atoms with van der Waals surface area (Å²) in [6, 6.07) is 4.61. The van der Waals surface area contributed by atoms with Crippen molar-refractivity contribution in [3.63, 3.8) is 0 Å². The summed E-state index contributed by atoms with van der Waals surface area (Å²) in [5, 5.41) is 13.5. The molecule has 0 amide bonds. The largest absolute Gasteiger partial charge is 0.317 e. The van der Waals surface area contributed by atoms with E-state index in [1.165, 1.54) is 12.1 Å². The number of nitrogens with zero attached hydrogens (tertiary/aromatic N) is 2. The number of halogens is 2. The molecule has 1 heterocycles. The molecule has 2 aromatic rings. The van der Waals surface area contributed by atoms with Crippen LogP contribution in [0.5, 0.6) is 0 Å². The maximum Gasteiger partial charge on any atom is 0.148 e. The molecule has 0 aliphatic rings. The zero-order valence-corrected chi connectivity index (χ0v) is 13.0. The molecule has 6 heteroatoms. The molecule has 0 aliphatic carbocycles. The predicted octanol–water partition coefficient (Wildman–Crippen LogP) is 3.65. The highest BCUT2D eigenvalue weighted by atomic mass is 79.9. The standard InChI is InChI=1S/C13H15BrFN3S/c1-2-16-7-3-4-12-17-18-13(19-12)10-6-5-9(15)8-11(10)14/h5-6,8,16H,2-4,7H2,1H3. The van der Waals surface area contributed by atoms with Gasteiger partial charge in [-0.3, -0.25) is 0 Å². The molecule has 0 unspecified atom stereocenters. The maximum atomic E-state index is 13.0. The molecule has 0 saturated heterocycles. The highest BCUT2D eigenvalue weighted by Crippen LogP contribution is 2.31. The number of hydrogen-bond acceptors (Lipinski definition) is 4. The maximum absolute atomic E-state index is 13.0. The number of aryl methyl sites for hydroxylation is 1. The number of benzene rings is 1. The fraction of sp³-hybridized carbons (Fsp3) is 0.385. The van der Waals surface area contributed by atoms with Crippen LogP contribution in [0.15, 0.2) is 22.7 Å². The molecule has 2 rings (SSSR count). The Labute approximate surface area is 124 Å². The molecule has 0 aliphatic heterocycles. The second-order valence-corrected chi connectivity index (χ2v) is 6.00. The van der Waals surface area contributed by atoms with Gasteiger partial charge in [0.05, 0.1) is 0 Å². The van der Waals surface area contributed by atoms with E-state index in [-0.39, 0.29) is 5.82 Å². The van der Waals surface area contributed by atoms with Crippen LogP contribution in [0.2, 0.25) is 0 Å². The SMILES string of the molecule is CCNCCCc1nnc(-c2ccc(F)cc2Br)s1. The minimum Gasteiger partial charge on any atom is -0.317 e. The smallest absolute Gasteiger partial charge is 0.148 e. The Morgan fingerprint density at radius 3 is 2.95 bits per heavy atom. The van der Waals surface area contributed by atoms with Crippen LogP contribution >= 0.6 is 27.3 Å². The zero-order chi connectivity index (χ0) is 13.7. The molecule has 1 aromatic heterocycles. The molecule has 0 fully saturated rings. The van der Waals surface area contributed by atoms with Gasteiger partial charge in [-0.15, -0.1) is 10.2 Å². The summed E-state index contributed by atoms with van der Waals surface area (Å²) < 4.78 is 13.7. The van der Waals surface area contributed by atoms with Gasteiger partial charge in [-0.1, -0.05) is 18.3 Å². The molecule has 1 N–H and O–H groups in total. The predicted molar refractivity (Wildman–Crippen MR) is 79.9 cm³/mol. The van der Waals surface area contributed by atoms with Gasteiger partial charge in [-0.2, -0.15) is 0 Å². The zero-order valence-electron chi connectivity index (χ0n) is 10.6. The molecule has 0 spiro atoms. The van der Waals surface area contributed by atoms with Crippen LogP contribution in [-0.2, 0) is 6.42 Å². The fourth-order valence-corrected chi connectivity index (χ4v) is 3.26. The number of rotatable bonds is 6. The lowest BCUT2D eigenvalue weighted by molar-refractivity contribution is 0.627. The van der Waals surface area contributed by atoms with Crippen LogP contribution in [0.3, 0.4) is 0 Å². The molecule has 0 atom stereocenters. The van der Waals surface area contributed by atoms with Gasteiger partial charge in [0.15, 0.2) is 0 Å². The van der Waals surface area contributed by atoms with Crippen molar-refractivity contribution in [3.05, 3.63) is 33.5 Å². The van der Waals surface area contributed by atoms with Gasteiger partial charge in [0.1, 0.15) is 15.8 Å². The summed E-state index contributed by atoms with van der Waals surface area (Å²) in [6.45, 7) is 4.07. The molecular formula is C13H15BrFN3S. The lowest BCUT2D eigenvalue weighted by atomic mass is 10.2. The van der Waals surface area contributed by atoms with E-state index >= 15 is 0 Å². The van der Waals surface area contributed by atoms with Crippen molar-refractivity contribution < 1.29 is 4.39 Å². The van der Waals surface area contributed by atoms with Crippen molar-refractivity contribution in [1.29, 1.82) is 0 Å². The summed E-state index contributed by atoms with van der Waals surface area (Å²) in [7, 11) is 0. The van der Waals surface area contributed by atoms with Gasteiger partial charge >= 0.3 is 0 Å². The van der Waals surface area contributed by atoms with Crippen LogP contribution in [0.25, 0.3) is 10.6 Å². The van der Waals surface area contributed by atoms with E-state index in [0.717, 1.165) is 41.5 Å². The molecular weight excluding hydrogens is 329 g/mol. The first-order chi connectivity index (χ1) is 9.20. The summed E-state index contributed by atoms with van der Waals surface area (Å²) in [4.78, 5) is 0. The normalized spacial score (nSPS) is 10.9. The van der Waals surface area contributed by atoms with Crippen LogP contribution in [0, 0.1) is 5.82 Å². The minimum atomic E-state index is -0.258. The average Bonchev–Trinajstić information content (AvgIpc) is 2.83. The summed E-state index contributed by atoms with van der Waals surface area (Å²) >= 11 is 4.92. The third kappa shape index (κ3) is 4.06. The van der Waals surface area contributed by atoms with Crippen LogP contribution in [0.1, 0.15) is 18.4 Å². The highest BCUT2D eigenvalue weighted by molar-refractivity contribution is 9.10. The first kappa shape index (κ1) is 14.6. The first-order valence-electron chi connectivity index (χ1n) is 6.19. The van der Waals surface area contributed by atoms with E-state index < -0.39 is 0 Å². The third-order valence-corrected chi connectivity index (χ3v) is 4.29. The van der Waals surface area contributed by atoms with E-state index in [9.17, 15) is 4.39 Å². The second-order valence-electron chi connectivity index (χ2n) is 4.08. The minimum absolute atomic E-state index is 0.258. The number of hydrogen-bond donors (Lipinski definition) is 1. The molecule has 0 saturated carbocycles. The van der Waals surface area contributed by atoms with Crippen LogP contribution in [-0.4, -0.2) is 23.3 Å². The molecule has 102 valence electrons. The van der Waals surface area contributed by atoms with E-state index in [1.54, 1.807) is 17.4 Å². The topological polar surface area (TPSA) is 37.8 Å². The molecule has 3 nitrogen and oxygen atoms in total. The summed E-state index contributed by atoms with van der Waals surface area (Å²) in [6.07, 6.45) is 1.97. The Bertz CT molecular complexity index is 544. The lowest BCUT2D eigenvalue weighted by Gasteiger charge is -1.99. The van der Waals surface area contributed by atoms with Gasteiger partial charge in [0.2, 0.25) is 0 Å². The lowest BCUT2D eigenvalue weighted by Crippen LogP contribution is -2.14. The fourth-order valence-electron chi connectivity index (χ4n) is 1.67. The highest BCUT2D eigenvalue weighted by Gasteiger charge is 2.10. The first-order valence-corrected chi connectivity index (χ1v) is 7.80. The number of nitrogens with one attached hydrogen (secondary N) is 1. The summed E-state index contributed by atoms with van der Waals surface area (Å²) in [5.74, 6) is -0.258. The molecule has 1 aromatic carbocycles. The third-order valence-electron chi connectivity index (χ3n) is 2.62. The number of aromatic nitrogens is 2. The average molecular weight is 344 g/mol. The Hall–Kier alpha value is -0.850. The van der Waals surface area contributed by atoms with Gasteiger partial charge < -0.3 is 5.32 Å². The van der Waals surface area contributed by atoms with Crippen LogP contribution < -0.4 is 5.32 Å². The Morgan fingerprint density at radius 1 is 1.37 bits per heavy atom. The van der Waals surface area contributed by atoms with Crippen molar-refractivity contribution in [2.24, 2.45) is 0 Å². The van der Waals surface area contributed by atoms with E-state index in [1.807, 2.05) is 0 Å². The van der Waals surface area contributed by atoms with Crippen LogP contribution in [0.4, 0.5) is 4.39 Å². The second kappa shape index (κ2) is 7.07. The van der Waals surface area contributed by atoms with E-state index in [2.05, 4.69) is 38.4 Å². The molecule has 0 bridgehead atoms. The van der Waals surface area contributed by atoms with Crippen molar-refractivity contribution in [3.8, 4) is 10.6 Å². The van der Waals surface area contributed by atoms with Crippen molar-refractivity contribution in [2.45, 2.75) is 19.8 Å². The Morgan fingerprint density at radius 2 is 2.21 bits per heavy atom. The van der Waals surface area contributed by atoms with E-state index in [4.69, 9.17) is 0 Å². The van der Waals surface area contributed by atoms with Crippen molar-refractivity contribution >= 4 is 27.3 Å². The Kier molecular flexibility index (Phi) is 5.42. The van der Waals surface area contributed by atoms with Gasteiger partial charge in [-0.25, -0.2) is 4.39 Å². The van der Waals surface area contributed by atoms with Gasteiger partial charge in [-0.05, 0) is 53.6 Å².